The van der Waals surface area contributed by atoms with Crippen LogP contribution in [0.3, 0.4) is 0 Å². The van der Waals surface area contributed by atoms with E-state index >= 15 is 0 Å². The minimum atomic E-state index is -1.42. The zero-order chi connectivity index (χ0) is 11.6. The Labute approximate surface area is 259 Å². The minimum absolute atomic E-state index is 0. The van der Waals surface area contributed by atoms with Crippen LogP contribution in [0, 0.1) is 182 Å². The molecule has 7 N–H and O–H groups in total. The number of hydrogen-bond acceptors (Lipinski definition) is 7. The Morgan fingerprint density at radius 2 is 1.53 bits per heavy atom. The van der Waals surface area contributed by atoms with E-state index in [-0.39, 0.29) is 181 Å². The molecule has 0 saturated carbocycles. The van der Waals surface area contributed by atoms with Crippen molar-refractivity contribution >= 4 is 16.9 Å². The molecule has 1 saturated heterocycles. The maximum atomic E-state index is 9.48. The molecule has 3 unspecified atom stereocenters. The van der Waals surface area contributed by atoms with E-state index in [1.807, 2.05) is 0 Å². The van der Waals surface area contributed by atoms with Crippen molar-refractivity contribution in [2.45, 2.75) is 29.9 Å². The first kappa shape index (κ1) is 32.1. The van der Waals surface area contributed by atoms with Crippen molar-refractivity contribution in [1.82, 2.24) is 0 Å². The smallest absolute Gasteiger partial charge is 0.153 e. The van der Waals surface area contributed by atoms with Crippen LogP contribution >= 0.6 is 11.8 Å². The Morgan fingerprint density at radius 3 is 1.89 bits per heavy atom. The molecular weight excluding hydrogens is 1130 g/mol. The standard InChI is InChI=1S/C7H14N2O5S.4Ac/c8-7(9)15-6-5(13)4(12)3(11)2(1-10)14-6;;;;/h2-6,10-13H,1H2,(H3,8,9);;;;/t2?,3-,4?,5?,6-;;;;/m0..../s1. The molecule has 100 valence electrons. The third kappa shape index (κ3) is 10.9. The molecule has 5 atom stereocenters. The van der Waals surface area contributed by atoms with Crippen LogP contribution in [0.4, 0.5) is 0 Å². The Morgan fingerprint density at radius 1 is 1.05 bits per heavy atom. The van der Waals surface area contributed by atoms with Crippen molar-refractivity contribution in [1.29, 1.82) is 5.41 Å². The molecule has 1 rings (SSSR count). The predicted molar refractivity (Wildman–Crippen MR) is 53.3 cm³/mol. The van der Waals surface area contributed by atoms with Gasteiger partial charge in [-0.1, -0.05) is 11.8 Å². The number of nitrogens with one attached hydrogen (secondary N) is 1. The minimum Gasteiger partial charge on any atom is -0.394 e. The fourth-order valence-corrected chi connectivity index (χ4v) is 2.04. The molecule has 0 spiro atoms. The van der Waals surface area contributed by atoms with Gasteiger partial charge in [0.2, 0.25) is 0 Å². The van der Waals surface area contributed by atoms with Crippen LogP contribution in [-0.2, 0) is 4.74 Å². The van der Waals surface area contributed by atoms with E-state index in [9.17, 15) is 15.3 Å². The summed E-state index contributed by atoms with van der Waals surface area (Å²) in [5, 5.41) is 43.8. The summed E-state index contributed by atoms with van der Waals surface area (Å²) < 4.78 is 5.07. The summed E-state index contributed by atoms with van der Waals surface area (Å²) in [6, 6.07) is 0. The molecule has 1 fully saturated rings. The number of thioether (sulfide) groups is 1. The summed E-state index contributed by atoms with van der Waals surface area (Å²) in [5.41, 5.74) is 4.14. The second kappa shape index (κ2) is 16.8. The molecule has 0 aromatic rings. The van der Waals surface area contributed by atoms with Crippen LogP contribution in [-0.4, -0.2) is 62.1 Å². The molecule has 4 radical (unpaired) electrons. The van der Waals surface area contributed by atoms with Crippen molar-refractivity contribution < 1.29 is 201 Å². The van der Waals surface area contributed by atoms with Crippen molar-refractivity contribution in [3.8, 4) is 0 Å². The van der Waals surface area contributed by atoms with Gasteiger partial charge in [-0.3, -0.25) is 5.41 Å². The molecule has 1 heterocycles. The molecule has 1 aliphatic heterocycles. The van der Waals surface area contributed by atoms with Crippen LogP contribution in [0.5, 0.6) is 0 Å². The van der Waals surface area contributed by atoms with Crippen molar-refractivity contribution in [3.63, 3.8) is 0 Å². The van der Waals surface area contributed by atoms with Gasteiger partial charge in [-0.05, 0) is 0 Å². The third-order valence-electron chi connectivity index (χ3n) is 2.09. The summed E-state index contributed by atoms with van der Waals surface area (Å²) in [6.45, 7) is -0.486. The second-order valence-electron chi connectivity index (χ2n) is 3.18. The number of aliphatic hydroxyl groups is 4. The van der Waals surface area contributed by atoms with E-state index in [1.165, 1.54) is 0 Å². The molecule has 1 aliphatic rings. The van der Waals surface area contributed by atoms with E-state index in [2.05, 4.69) is 0 Å². The quantitative estimate of drug-likeness (QED) is 0.132. The Balaban J connectivity index is -0.000000281. The van der Waals surface area contributed by atoms with Crippen LogP contribution in [0.2, 0.25) is 0 Å². The summed E-state index contributed by atoms with van der Waals surface area (Å²) in [4.78, 5) is 0. The first-order valence-electron chi connectivity index (χ1n) is 4.28. The Kier molecular flexibility index (Phi) is 28.4. The van der Waals surface area contributed by atoms with Crippen molar-refractivity contribution in [2.75, 3.05) is 6.61 Å². The average molecular weight is 1150 g/mol. The van der Waals surface area contributed by atoms with Gasteiger partial charge >= 0.3 is 0 Å². The van der Waals surface area contributed by atoms with Crippen LogP contribution in [0.1, 0.15) is 0 Å². The number of rotatable bonds is 2. The molecule has 0 amide bonds. The van der Waals surface area contributed by atoms with Gasteiger partial charge in [0.25, 0.3) is 0 Å². The van der Waals surface area contributed by atoms with Gasteiger partial charge in [0, 0.05) is 176 Å². The number of ether oxygens (including phenoxy) is 1. The zero-order valence-corrected chi connectivity index (χ0v) is 29.9. The summed E-state index contributed by atoms with van der Waals surface area (Å²) in [5.74, 6) is 0. The van der Waals surface area contributed by atoms with Gasteiger partial charge in [-0.2, -0.15) is 0 Å². The van der Waals surface area contributed by atoms with Gasteiger partial charge in [0.1, 0.15) is 29.9 Å². The number of hydrogen-bond donors (Lipinski definition) is 6. The fourth-order valence-electron chi connectivity index (χ4n) is 1.29. The van der Waals surface area contributed by atoms with Gasteiger partial charge in [-0.25, -0.2) is 0 Å². The molecule has 19 heavy (non-hydrogen) atoms. The average Bonchev–Trinajstić information content (AvgIpc) is 2.18. The SMILES string of the molecule is N=C(N)S[C@@H]1OC(CO)[C@H](O)C(O)C1O.[Ac].[Ac].[Ac].[Ac]. The van der Waals surface area contributed by atoms with Crippen LogP contribution in [0.15, 0.2) is 0 Å². The molecule has 12 heteroatoms. The maximum absolute atomic E-state index is 9.48. The second-order valence-corrected chi connectivity index (χ2v) is 4.32. The first-order chi connectivity index (χ1) is 6.97. The zero-order valence-electron chi connectivity index (χ0n) is 10.1. The molecule has 7 nitrogen and oxygen atoms in total. The van der Waals surface area contributed by atoms with E-state index in [0.717, 1.165) is 0 Å². The van der Waals surface area contributed by atoms with Crippen LogP contribution < -0.4 is 5.73 Å². The van der Waals surface area contributed by atoms with E-state index < -0.39 is 36.5 Å². The Hall–Kier alpha value is 5.39. The molecule has 0 aromatic heterocycles. The summed E-state index contributed by atoms with van der Waals surface area (Å²) in [6.07, 6.45) is -5.11. The van der Waals surface area contributed by atoms with E-state index in [1.54, 1.807) is 0 Å². The number of nitrogens with two attached hydrogens (primary N) is 1. The number of aliphatic hydroxyl groups excluding tert-OH is 4. The molecule has 0 bridgehead atoms. The van der Waals surface area contributed by atoms with Gasteiger partial charge in [-0.15, -0.1) is 0 Å². The summed E-state index contributed by atoms with van der Waals surface area (Å²) >= 11 is 0.715. The van der Waals surface area contributed by atoms with Crippen molar-refractivity contribution in [2.24, 2.45) is 5.73 Å². The monoisotopic (exact) mass is 1150 g/mol. The molecule has 0 aliphatic carbocycles. The Bertz CT molecular complexity index is 254. The first-order valence-corrected chi connectivity index (χ1v) is 5.16. The fraction of sp³-hybridized carbons (Fsp3) is 0.857. The van der Waals surface area contributed by atoms with Gasteiger partial charge in [0.05, 0.1) is 6.61 Å². The normalized spacial score (nSPS) is 32.7. The third-order valence-corrected chi connectivity index (χ3v) is 2.97. The maximum Gasteiger partial charge on any atom is 0.153 e. The predicted octanol–water partition coefficient (Wildman–Crippen LogP) is -2.59. The van der Waals surface area contributed by atoms with E-state index in [0.29, 0.717) is 11.8 Å². The largest absolute Gasteiger partial charge is 0.394 e. The van der Waals surface area contributed by atoms with Crippen LogP contribution in [0.25, 0.3) is 0 Å². The van der Waals surface area contributed by atoms with Gasteiger partial charge in [0.15, 0.2) is 5.17 Å². The number of amidine groups is 1. The topological polar surface area (TPSA) is 140 Å². The van der Waals surface area contributed by atoms with Crippen molar-refractivity contribution in [3.05, 3.63) is 0 Å². The molecule has 0 aromatic carbocycles. The molecular formula is C7H14Ac4N2O5S. The van der Waals surface area contributed by atoms with Gasteiger partial charge < -0.3 is 30.9 Å². The summed E-state index contributed by atoms with van der Waals surface area (Å²) in [7, 11) is 0. The van der Waals surface area contributed by atoms with E-state index in [4.69, 9.17) is 21.0 Å².